The molecule has 0 spiro atoms. The Balaban J connectivity index is 1.85. The zero-order valence-electron chi connectivity index (χ0n) is 8.79. The van der Waals surface area contributed by atoms with Crippen molar-refractivity contribution in [3.05, 3.63) is 0 Å². The number of nitrogens with zero attached hydrogens (tertiary/aromatic N) is 2. The van der Waals surface area contributed by atoms with Crippen LogP contribution >= 0.6 is 0 Å². The average Bonchev–Trinajstić information content (AvgIpc) is 2.52. The van der Waals surface area contributed by atoms with Crippen LogP contribution in [0.25, 0.3) is 0 Å². The van der Waals surface area contributed by atoms with E-state index in [0.717, 1.165) is 6.04 Å². The predicted molar refractivity (Wildman–Crippen MR) is 54.9 cm³/mol. The zero-order valence-corrected chi connectivity index (χ0v) is 8.79. The van der Waals surface area contributed by atoms with Crippen LogP contribution in [-0.4, -0.2) is 61.7 Å². The lowest BCUT2D eigenvalue weighted by Gasteiger charge is -2.36. The minimum Gasteiger partial charge on any atom is -0.312 e. The van der Waals surface area contributed by atoms with Gasteiger partial charge < -0.3 is 10.2 Å². The minimum absolute atomic E-state index is 0.680. The van der Waals surface area contributed by atoms with Crippen molar-refractivity contribution in [1.82, 2.24) is 15.1 Å². The number of piperazine rings is 1. The molecule has 2 aliphatic rings. The van der Waals surface area contributed by atoms with Gasteiger partial charge in [0.25, 0.3) is 0 Å². The average molecular weight is 183 g/mol. The van der Waals surface area contributed by atoms with Crippen LogP contribution in [0.3, 0.4) is 0 Å². The van der Waals surface area contributed by atoms with E-state index in [1.54, 1.807) is 0 Å². The third-order valence-corrected chi connectivity index (χ3v) is 3.28. The molecule has 2 heterocycles. The second kappa shape index (κ2) is 3.95. The number of nitrogens with one attached hydrogen (secondary N) is 1. The molecule has 0 aromatic heterocycles. The summed E-state index contributed by atoms with van der Waals surface area (Å²) >= 11 is 0. The summed E-state index contributed by atoms with van der Waals surface area (Å²) in [5, 5.41) is 3.49. The van der Waals surface area contributed by atoms with Gasteiger partial charge in [-0.1, -0.05) is 0 Å². The van der Waals surface area contributed by atoms with Crippen molar-refractivity contribution < 1.29 is 0 Å². The van der Waals surface area contributed by atoms with Crippen LogP contribution < -0.4 is 5.32 Å². The van der Waals surface area contributed by atoms with Crippen molar-refractivity contribution in [3.63, 3.8) is 0 Å². The second-order valence-electron chi connectivity index (χ2n) is 4.55. The third-order valence-electron chi connectivity index (χ3n) is 3.28. The number of hydrogen-bond acceptors (Lipinski definition) is 3. The van der Waals surface area contributed by atoms with Crippen LogP contribution in [-0.2, 0) is 0 Å². The molecular formula is C10H21N3. The number of rotatable bonds is 1. The molecule has 0 bridgehead atoms. The van der Waals surface area contributed by atoms with Gasteiger partial charge in [0.15, 0.2) is 0 Å². The molecule has 2 fully saturated rings. The van der Waals surface area contributed by atoms with E-state index in [-0.39, 0.29) is 0 Å². The van der Waals surface area contributed by atoms with Gasteiger partial charge >= 0.3 is 0 Å². The molecule has 76 valence electrons. The lowest BCUT2D eigenvalue weighted by atomic mass is 10.1. The molecule has 0 saturated carbocycles. The maximum atomic E-state index is 3.49. The molecule has 2 saturated heterocycles. The topological polar surface area (TPSA) is 18.5 Å². The molecule has 0 aromatic rings. The lowest BCUT2D eigenvalue weighted by Crippen LogP contribution is -2.53. The van der Waals surface area contributed by atoms with E-state index in [0.29, 0.717) is 6.04 Å². The van der Waals surface area contributed by atoms with Crippen molar-refractivity contribution in [2.24, 2.45) is 0 Å². The highest BCUT2D eigenvalue weighted by Crippen LogP contribution is 2.15. The molecule has 13 heavy (non-hydrogen) atoms. The summed E-state index contributed by atoms with van der Waals surface area (Å²) < 4.78 is 0. The van der Waals surface area contributed by atoms with Crippen LogP contribution in [0.4, 0.5) is 0 Å². The van der Waals surface area contributed by atoms with Crippen molar-refractivity contribution in [2.75, 3.05) is 39.8 Å². The number of likely N-dealkylation sites (N-methyl/N-ethyl adjacent to an activating group) is 1. The first-order chi connectivity index (χ1) is 6.25. The van der Waals surface area contributed by atoms with Gasteiger partial charge in [-0.3, -0.25) is 4.90 Å². The van der Waals surface area contributed by atoms with E-state index in [9.17, 15) is 0 Å². The first-order valence-electron chi connectivity index (χ1n) is 5.41. The smallest absolute Gasteiger partial charge is 0.0236 e. The summed E-state index contributed by atoms with van der Waals surface area (Å²) in [7, 11) is 2.23. The van der Waals surface area contributed by atoms with Crippen LogP contribution in [0.5, 0.6) is 0 Å². The predicted octanol–water partition coefficient (Wildman–Crippen LogP) is -0.0158. The van der Waals surface area contributed by atoms with Crippen LogP contribution in [0, 0.1) is 0 Å². The van der Waals surface area contributed by atoms with Gasteiger partial charge in [-0.05, 0) is 26.9 Å². The van der Waals surface area contributed by atoms with E-state index >= 15 is 0 Å². The van der Waals surface area contributed by atoms with Crippen molar-refractivity contribution >= 4 is 0 Å². The Labute approximate surface area is 81.1 Å². The Morgan fingerprint density at radius 2 is 2.08 bits per heavy atom. The molecule has 3 heteroatoms. The van der Waals surface area contributed by atoms with Crippen LogP contribution in [0.15, 0.2) is 0 Å². The molecule has 2 aliphatic heterocycles. The summed E-state index contributed by atoms with van der Waals surface area (Å²) in [4.78, 5) is 5.10. The van der Waals surface area contributed by atoms with E-state index in [1.165, 1.54) is 39.1 Å². The Morgan fingerprint density at radius 1 is 1.23 bits per heavy atom. The van der Waals surface area contributed by atoms with Gasteiger partial charge in [-0.2, -0.15) is 0 Å². The molecule has 0 amide bonds. The van der Waals surface area contributed by atoms with Gasteiger partial charge in [0, 0.05) is 38.3 Å². The van der Waals surface area contributed by atoms with Crippen LogP contribution in [0.2, 0.25) is 0 Å². The fourth-order valence-corrected chi connectivity index (χ4v) is 2.50. The van der Waals surface area contributed by atoms with E-state index in [4.69, 9.17) is 0 Å². The monoisotopic (exact) mass is 183 g/mol. The van der Waals surface area contributed by atoms with E-state index in [1.807, 2.05) is 0 Å². The molecule has 0 aliphatic carbocycles. The Hall–Kier alpha value is -0.120. The lowest BCUT2D eigenvalue weighted by molar-refractivity contribution is 0.151. The summed E-state index contributed by atoms with van der Waals surface area (Å²) in [6.45, 7) is 8.48. The number of likely N-dealkylation sites (tertiary alicyclic amines) is 1. The van der Waals surface area contributed by atoms with E-state index < -0.39 is 0 Å². The maximum absolute atomic E-state index is 3.49. The summed E-state index contributed by atoms with van der Waals surface area (Å²) in [6, 6.07) is 1.51. The molecule has 2 rings (SSSR count). The fourth-order valence-electron chi connectivity index (χ4n) is 2.50. The molecule has 1 unspecified atom stereocenters. The first kappa shape index (κ1) is 9.44. The Morgan fingerprint density at radius 3 is 2.69 bits per heavy atom. The third kappa shape index (κ3) is 2.22. The summed E-state index contributed by atoms with van der Waals surface area (Å²) in [5.41, 5.74) is 0. The minimum atomic E-state index is 0.680. The standard InChI is InChI=1S/C10H21N3/c1-9-7-13(6-4-11-9)10-3-5-12(2)8-10/h9-11H,3-8H2,1-2H3/t9-,10?/m1/s1. The van der Waals surface area contributed by atoms with Crippen molar-refractivity contribution in [2.45, 2.75) is 25.4 Å². The van der Waals surface area contributed by atoms with Gasteiger partial charge in [0.05, 0.1) is 0 Å². The number of hydrogen-bond donors (Lipinski definition) is 1. The highest BCUT2D eigenvalue weighted by atomic mass is 15.3. The highest BCUT2D eigenvalue weighted by molar-refractivity contribution is 4.86. The van der Waals surface area contributed by atoms with E-state index in [2.05, 4.69) is 29.1 Å². The largest absolute Gasteiger partial charge is 0.312 e. The first-order valence-corrected chi connectivity index (χ1v) is 5.41. The van der Waals surface area contributed by atoms with Gasteiger partial charge in [-0.25, -0.2) is 0 Å². The molecule has 1 N–H and O–H groups in total. The normalized spacial score (nSPS) is 38.3. The van der Waals surface area contributed by atoms with Crippen molar-refractivity contribution in [1.29, 1.82) is 0 Å². The summed E-state index contributed by atoms with van der Waals surface area (Å²) in [6.07, 6.45) is 1.36. The molecular weight excluding hydrogens is 162 g/mol. The molecule has 0 aromatic carbocycles. The Kier molecular flexibility index (Phi) is 2.86. The molecule has 0 radical (unpaired) electrons. The quantitative estimate of drug-likeness (QED) is 0.616. The molecule has 3 nitrogen and oxygen atoms in total. The highest BCUT2D eigenvalue weighted by Gasteiger charge is 2.27. The van der Waals surface area contributed by atoms with Gasteiger partial charge in [-0.15, -0.1) is 0 Å². The maximum Gasteiger partial charge on any atom is 0.0236 e. The fraction of sp³-hybridized carbons (Fsp3) is 1.00. The van der Waals surface area contributed by atoms with Crippen molar-refractivity contribution in [3.8, 4) is 0 Å². The van der Waals surface area contributed by atoms with Gasteiger partial charge in [0.1, 0.15) is 0 Å². The SMILES string of the molecule is C[C@@H]1CN(C2CCN(C)C2)CCN1. The second-order valence-corrected chi connectivity index (χ2v) is 4.55. The molecule has 2 atom stereocenters. The Bertz CT molecular complexity index is 172. The van der Waals surface area contributed by atoms with Gasteiger partial charge in [0.2, 0.25) is 0 Å². The van der Waals surface area contributed by atoms with Crippen LogP contribution in [0.1, 0.15) is 13.3 Å². The zero-order chi connectivity index (χ0) is 9.26. The summed E-state index contributed by atoms with van der Waals surface area (Å²) in [5.74, 6) is 0.